The molecule has 1 fully saturated rings. The maximum atomic E-state index is 12.7. The number of Topliss-reactive ketones (excluding diaryl/α,β-unsaturated/α-hetero) is 1. The number of allylic oxidation sites excluding steroid dienone is 1. The molecule has 0 saturated carbocycles. The fourth-order valence-electron chi connectivity index (χ4n) is 3.46. The number of ketones is 1. The quantitative estimate of drug-likeness (QED) is 0.542. The van der Waals surface area contributed by atoms with Gasteiger partial charge < -0.3 is 9.47 Å². The first kappa shape index (κ1) is 18.1. The van der Waals surface area contributed by atoms with Crippen LogP contribution in [0.2, 0.25) is 0 Å². The zero-order valence-electron chi connectivity index (χ0n) is 15.1. The van der Waals surface area contributed by atoms with Crippen LogP contribution in [0.25, 0.3) is 0 Å². The zero-order chi connectivity index (χ0) is 18.4. The molecule has 1 aromatic heterocycles. The molecule has 0 spiro atoms. The molecule has 0 bridgehead atoms. The Bertz CT molecular complexity index is 753. The van der Waals surface area contributed by atoms with Gasteiger partial charge in [-0.25, -0.2) is 4.98 Å². The number of aromatic nitrogens is 2. The van der Waals surface area contributed by atoms with E-state index in [0.717, 1.165) is 31.4 Å². The maximum Gasteiger partial charge on any atom is 0.291 e. The molecule has 5 heteroatoms. The molecule has 5 nitrogen and oxygen atoms in total. The van der Waals surface area contributed by atoms with Gasteiger partial charge in [-0.05, 0) is 18.4 Å². The number of imidazole rings is 1. The molecule has 3 rings (SSSR count). The number of hydrogen-bond donors (Lipinski definition) is 0. The Morgan fingerprint density at radius 2 is 1.96 bits per heavy atom. The highest BCUT2D eigenvalue weighted by atomic mass is 16.2. The number of benzene rings is 1. The van der Waals surface area contributed by atoms with Crippen molar-refractivity contribution in [3.63, 3.8) is 0 Å². The highest BCUT2D eigenvalue weighted by Gasteiger charge is 2.46. The van der Waals surface area contributed by atoms with Crippen molar-refractivity contribution in [2.24, 2.45) is 0 Å². The smallest absolute Gasteiger partial charge is 0.291 e. The number of rotatable bonds is 8. The first-order valence-corrected chi connectivity index (χ1v) is 9.24. The van der Waals surface area contributed by atoms with Crippen molar-refractivity contribution >= 4 is 11.7 Å². The average Bonchev–Trinajstić information content (AvgIpc) is 3.25. The lowest BCUT2D eigenvalue weighted by atomic mass is 9.90. The van der Waals surface area contributed by atoms with Crippen molar-refractivity contribution < 1.29 is 9.59 Å². The van der Waals surface area contributed by atoms with E-state index >= 15 is 0 Å². The summed E-state index contributed by atoms with van der Waals surface area (Å²) in [7, 11) is 0. The van der Waals surface area contributed by atoms with Gasteiger partial charge in [-0.3, -0.25) is 9.59 Å². The zero-order valence-corrected chi connectivity index (χ0v) is 15.1. The Kier molecular flexibility index (Phi) is 6.00. The minimum absolute atomic E-state index is 0.202. The van der Waals surface area contributed by atoms with E-state index in [0.29, 0.717) is 6.54 Å². The molecule has 0 radical (unpaired) electrons. The molecule has 1 aromatic carbocycles. The molecule has 136 valence electrons. The normalized spacial score (nSPS) is 20.4. The van der Waals surface area contributed by atoms with Gasteiger partial charge >= 0.3 is 0 Å². The van der Waals surface area contributed by atoms with Gasteiger partial charge in [0.2, 0.25) is 5.78 Å². The third-order valence-electron chi connectivity index (χ3n) is 4.78. The summed E-state index contributed by atoms with van der Waals surface area (Å²) in [5, 5.41) is 0. The van der Waals surface area contributed by atoms with Gasteiger partial charge in [0.1, 0.15) is 0 Å². The van der Waals surface area contributed by atoms with Crippen LogP contribution >= 0.6 is 0 Å². The number of carbonyl (C=O) groups is 2. The second-order valence-corrected chi connectivity index (χ2v) is 6.61. The largest absolute Gasteiger partial charge is 0.337 e. The highest BCUT2D eigenvalue weighted by molar-refractivity contribution is 6.40. The van der Waals surface area contributed by atoms with Crippen molar-refractivity contribution in [1.29, 1.82) is 0 Å². The minimum Gasteiger partial charge on any atom is -0.337 e. The first-order valence-electron chi connectivity index (χ1n) is 9.24. The van der Waals surface area contributed by atoms with Crippen LogP contribution in [0.1, 0.15) is 37.7 Å². The standard InChI is InChI=1S/C21H25N3O2/c1-2-3-5-11-18-19(17-9-6-4-7-10-17)20(25)21(26)24(18)14-8-13-23-15-12-22-16-23/h4-7,9-12,15-16,18-19H,2-3,8,13-14H2,1H3. The summed E-state index contributed by atoms with van der Waals surface area (Å²) in [5.41, 5.74) is 0.911. The fourth-order valence-corrected chi connectivity index (χ4v) is 3.46. The van der Waals surface area contributed by atoms with Gasteiger partial charge in [0, 0.05) is 25.5 Å². The molecule has 0 N–H and O–H groups in total. The molecule has 1 aliphatic heterocycles. The second kappa shape index (κ2) is 8.61. The predicted octanol–water partition coefficient (Wildman–Crippen LogP) is 3.19. The summed E-state index contributed by atoms with van der Waals surface area (Å²) in [6, 6.07) is 9.43. The molecule has 2 heterocycles. The number of unbranched alkanes of at least 4 members (excludes halogenated alkanes) is 1. The van der Waals surface area contributed by atoms with Crippen molar-refractivity contribution in [3.05, 3.63) is 66.8 Å². The number of likely N-dealkylation sites (tertiary alicyclic amines) is 1. The van der Waals surface area contributed by atoms with E-state index in [2.05, 4.69) is 18.0 Å². The molecule has 1 saturated heterocycles. The van der Waals surface area contributed by atoms with Crippen molar-refractivity contribution in [3.8, 4) is 0 Å². The number of nitrogens with zero attached hydrogens (tertiary/aromatic N) is 3. The van der Waals surface area contributed by atoms with Crippen LogP contribution in [0.3, 0.4) is 0 Å². The lowest BCUT2D eigenvalue weighted by Gasteiger charge is -2.25. The average molecular weight is 351 g/mol. The Balaban J connectivity index is 1.78. The number of aryl methyl sites for hydroxylation is 1. The first-order chi connectivity index (χ1) is 12.7. The minimum atomic E-state index is -0.412. The van der Waals surface area contributed by atoms with E-state index in [1.165, 1.54) is 0 Å². The third kappa shape index (κ3) is 3.93. The Labute approximate surface area is 154 Å². The Hall–Kier alpha value is -2.69. The van der Waals surface area contributed by atoms with Gasteiger partial charge in [-0.15, -0.1) is 0 Å². The summed E-state index contributed by atoms with van der Waals surface area (Å²) < 4.78 is 1.99. The Morgan fingerprint density at radius 1 is 1.15 bits per heavy atom. The molecule has 0 aliphatic carbocycles. The Morgan fingerprint density at radius 3 is 2.65 bits per heavy atom. The molecule has 1 aliphatic rings. The van der Waals surface area contributed by atoms with Crippen LogP contribution in [0.15, 0.2) is 61.2 Å². The number of amides is 1. The summed E-state index contributed by atoms with van der Waals surface area (Å²) >= 11 is 0. The van der Waals surface area contributed by atoms with E-state index in [9.17, 15) is 9.59 Å². The van der Waals surface area contributed by atoms with Crippen LogP contribution in [-0.2, 0) is 16.1 Å². The predicted molar refractivity (Wildman–Crippen MR) is 101 cm³/mol. The summed E-state index contributed by atoms with van der Waals surface area (Å²) in [5.74, 6) is -1.08. The molecule has 1 amide bonds. The van der Waals surface area contributed by atoms with E-state index in [4.69, 9.17) is 0 Å². The van der Waals surface area contributed by atoms with Crippen LogP contribution < -0.4 is 0 Å². The topological polar surface area (TPSA) is 55.2 Å². The van der Waals surface area contributed by atoms with Crippen LogP contribution in [0.4, 0.5) is 0 Å². The number of hydrogen-bond acceptors (Lipinski definition) is 3. The van der Waals surface area contributed by atoms with Crippen LogP contribution in [-0.4, -0.2) is 38.7 Å². The highest BCUT2D eigenvalue weighted by Crippen LogP contribution is 2.33. The monoisotopic (exact) mass is 351 g/mol. The molecular weight excluding hydrogens is 326 g/mol. The fraction of sp³-hybridized carbons (Fsp3) is 0.381. The van der Waals surface area contributed by atoms with E-state index in [1.54, 1.807) is 17.4 Å². The van der Waals surface area contributed by atoms with Gasteiger partial charge in [0.15, 0.2) is 0 Å². The summed E-state index contributed by atoms with van der Waals surface area (Å²) in [6.07, 6.45) is 12.3. The van der Waals surface area contributed by atoms with Crippen molar-refractivity contribution in [2.45, 2.75) is 44.7 Å². The SMILES string of the molecule is CCCC=CC1C(c2ccccc2)C(=O)C(=O)N1CCCn1ccnc1. The lowest BCUT2D eigenvalue weighted by Crippen LogP contribution is -2.35. The molecule has 2 atom stereocenters. The van der Waals surface area contributed by atoms with Crippen LogP contribution in [0.5, 0.6) is 0 Å². The van der Waals surface area contributed by atoms with Gasteiger partial charge in [0.25, 0.3) is 5.91 Å². The van der Waals surface area contributed by atoms with Crippen molar-refractivity contribution in [2.75, 3.05) is 6.54 Å². The van der Waals surface area contributed by atoms with Gasteiger partial charge in [-0.2, -0.15) is 0 Å². The maximum absolute atomic E-state index is 12.7. The van der Waals surface area contributed by atoms with E-state index < -0.39 is 5.92 Å². The van der Waals surface area contributed by atoms with Crippen molar-refractivity contribution in [1.82, 2.24) is 14.5 Å². The molecule has 2 aromatic rings. The van der Waals surface area contributed by atoms with Gasteiger partial charge in [0.05, 0.1) is 18.3 Å². The van der Waals surface area contributed by atoms with E-state index in [-0.39, 0.29) is 17.7 Å². The van der Waals surface area contributed by atoms with E-state index in [1.807, 2.05) is 47.2 Å². The lowest BCUT2D eigenvalue weighted by molar-refractivity contribution is -0.140. The number of carbonyl (C=O) groups excluding carboxylic acids is 2. The molecule has 26 heavy (non-hydrogen) atoms. The van der Waals surface area contributed by atoms with Crippen LogP contribution in [0, 0.1) is 0 Å². The third-order valence-corrected chi connectivity index (χ3v) is 4.78. The second-order valence-electron chi connectivity index (χ2n) is 6.61. The van der Waals surface area contributed by atoms with Gasteiger partial charge in [-0.1, -0.05) is 55.8 Å². The summed E-state index contributed by atoms with van der Waals surface area (Å²) in [6.45, 7) is 3.46. The molecular formula is C21H25N3O2. The molecule has 2 unspecified atom stereocenters. The summed E-state index contributed by atoms with van der Waals surface area (Å²) in [4.78, 5) is 31.1.